The summed E-state index contributed by atoms with van der Waals surface area (Å²) in [5.74, 6) is -1.98. The third-order valence-corrected chi connectivity index (χ3v) is 3.63. The van der Waals surface area contributed by atoms with Crippen molar-refractivity contribution < 1.29 is 19.5 Å². The van der Waals surface area contributed by atoms with Gasteiger partial charge in [-0.05, 0) is 24.6 Å². The first-order valence-corrected chi connectivity index (χ1v) is 7.14. The van der Waals surface area contributed by atoms with Crippen LogP contribution in [0.2, 0.25) is 0 Å². The molecule has 3 rings (SSSR count). The van der Waals surface area contributed by atoms with Gasteiger partial charge in [-0.3, -0.25) is 24.5 Å². The highest BCUT2D eigenvalue weighted by Crippen LogP contribution is 2.18. The maximum absolute atomic E-state index is 12.5. The number of carbonyl (C=O) groups excluding carboxylic acids is 2. The van der Waals surface area contributed by atoms with Crippen LogP contribution in [0.1, 0.15) is 18.9 Å². The minimum atomic E-state index is -1.02. The number of carboxylic acids is 1. The number of amides is 2. The average molecular weight is 331 g/mol. The fourth-order valence-electron chi connectivity index (χ4n) is 2.46. The van der Waals surface area contributed by atoms with Crippen LogP contribution in [0, 0.1) is 0 Å². The molecule has 2 heterocycles. The zero-order valence-corrected chi connectivity index (χ0v) is 12.4. The molecule has 124 valence electrons. The van der Waals surface area contributed by atoms with Gasteiger partial charge in [0.2, 0.25) is 5.91 Å². The van der Waals surface area contributed by atoms with Gasteiger partial charge < -0.3 is 10.4 Å². The van der Waals surface area contributed by atoms with E-state index in [-0.39, 0.29) is 36.2 Å². The fraction of sp³-hybridized carbons (Fsp3) is 0.286. The summed E-state index contributed by atoms with van der Waals surface area (Å²) < 4.78 is 0.967. The van der Waals surface area contributed by atoms with Gasteiger partial charge in [0.05, 0.1) is 5.39 Å². The molecule has 0 aliphatic carbocycles. The number of piperidine rings is 1. The number of imide groups is 1. The third kappa shape index (κ3) is 2.93. The average Bonchev–Trinajstić information content (AvgIpc) is 2.54. The third-order valence-electron chi connectivity index (χ3n) is 3.63. The van der Waals surface area contributed by atoms with Crippen LogP contribution in [-0.2, 0) is 14.4 Å². The molecule has 1 unspecified atom stereocenters. The first kappa shape index (κ1) is 15.6. The summed E-state index contributed by atoms with van der Waals surface area (Å²) in [6.45, 7) is -0.272. The maximum atomic E-state index is 12.5. The van der Waals surface area contributed by atoms with Crippen LogP contribution in [0.5, 0.6) is 0 Å². The molecule has 3 N–H and O–H groups in total. The summed E-state index contributed by atoms with van der Waals surface area (Å²) in [5.41, 5.74) is 0.260. The van der Waals surface area contributed by atoms with Crippen LogP contribution >= 0.6 is 0 Å². The Labute approximate surface area is 134 Å². The largest absolute Gasteiger partial charge is 0.480 e. The van der Waals surface area contributed by atoms with E-state index < -0.39 is 23.5 Å². The number of hydrogen-bond donors (Lipinski definition) is 3. The van der Waals surface area contributed by atoms with Crippen molar-refractivity contribution in [1.29, 1.82) is 0 Å². The van der Waals surface area contributed by atoms with Crippen LogP contribution < -0.4 is 16.2 Å². The van der Waals surface area contributed by atoms with E-state index in [0.29, 0.717) is 5.69 Å². The minimum absolute atomic E-state index is 0.126. The number of rotatable bonds is 4. The Hall–Kier alpha value is -3.30. The second-order valence-electron chi connectivity index (χ2n) is 5.29. The van der Waals surface area contributed by atoms with Crippen LogP contribution in [0.3, 0.4) is 0 Å². The monoisotopic (exact) mass is 331 g/mol. The summed E-state index contributed by atoms with van der Waals surface area (Å²) in [5, 5.41) is 21.4. The van der Waals surface area contributed by atoms with Gasteiger partial charge in [-0.2, -0.15) is 4.68 Å². The van der Waals surface area contributed by atoms with Crippen molar-refractivity contribution in [2.75, 3.05) is 11.9 Å². The van der Waals surface area contributed by atoms with E-state index in [1.54, 1.807) is 6.07 Å². The summed E-state index contributed by atoms with van der Waals surface area (Å²) >= 11 is 0. The molecule has 1 fully saturated rings. The lowest BCUT2D eigenvalue weighted by Gasteiger charge is -2.21. The lowest BCUT2D eigenvalue weighted by Crippen LogP contribution is -2.45. The number of hydrogen-bond acceptors (Lipinski definition) is 7. The highest BCUT2D eigenvalue weighted by Gasteiger charge is 2.30. The number of anilines is 1. The molecule has 1 aliphatic heterocycles. The lowest BCUT2D eigenvalue weighted by molar-refractivity contribution is -0.136. The summed E-state index contributed by atoms with van der Waals surface area (Å²) in [4.78, 5) is 46.1. The molecule has 2 aromatic rings. The number of nitrogens with zero attached hydrogens (tertiary/aromatic N) is 3. The second kappa shape index (κ2) is 6.07. The molecular formula is C14H13N5O5. The predicted octanol–water partition coefficient (Wildman–Crippen LogP) is -0.734. The van der Waals surface area contributed by atoms with Gasteiger partial charge in [-0.1, -0.05) is 5.21 Å². The zero-order valence-electron chi connectivity index (χ0n) is 12.4. The van der Waals surface area contributed by atoms with Gasteiger partial charge in [0.15, 0.2) is 0 Å². The molecular weight excluding hydrogens is 318 g/mol. The first-order valence-electron chi connectivity index (χ1n) is 7.14. The minimum Gasteiger partial charge on any atom is -0.480 e. The van der Waals surface area contributed by atoms with Crippen molar-refractivity contribution >= 4 is 34.4 Å². The van der Waals surface area contributed by atoms with Crippen molar-refractivity contribution in [1.82, 2.24) is 20.3 Å². The molecule has 1 aliphatic rings. The van der Waals surface area contributed by atoms with Gasteiger partial charge in [-0.25, -0.2) is 0 Å². The smallest absolute Gasteiger partial charge is 0.322 e. The molecule has 0 saturated carbocycles. The molecule has 2 amide bonds. The molecule has 0 bridgehead atoms. The number of aliphatic carboxylic acids is 1. The fourth-order valence-corrected chi connectivity index (χ4v) is 2.46. The molecule has 0 radical (unpaired) electrons. The Balaban J connectivity index is 1.95. The number of aromatic nitrogens is 3. The summed E-state index contributed by atoms with van der Waals surface area (Å²) in [7, 11) is 0. The van der Waals surface area contributed by atoms with Gasteiger partial charge in [0.25, 0.3) is 11.5 Å². The quantitative estimate of drug-likeness (QED) is 0.622. The van der Waals surface area contributed by atoms with Gasteiger partial charge >= 0.3 is 5.97 Å². The highest BCUT2D eigenvalue weighted by atomic mass is 16.4. The molecule has 1 saturated heterocycles. The number of fused-ring (bicyclic) bond motifs is 1. The second-order valence-corrected chi connectivity index (χ2v) is 5.29. The van der Waals surface area contributed by atoms with Crippen molar-refractivity contribution in [3.05, 3.63) is 28.6 Å². The van der Waals surface area contributed by atoms with Crippen LogP contribution in [0.4, 0.5) is 5.69 Å². The van der Waals surface area contributed by atoms with Crippen LogP contribution in [0.25, 0.3) is 10.9 Å². The Morgan fingerprint density at radius 2 is 2.17 bits per heavy atom. The summed E-state index contributed by atoms with van der Waals surface area (Å²) in [6.07, 6.45) is 0.309. The first-order chi connectivity index (χ1) is 11.5. The normalized spacial score (nSPS) is 17.6. The molecule has 1 aromatic carbocycles. The topological polar surface area (TPSA) is 143 Å². The SMILES string of the molecule is O=C(O)CNc1ccc2c(=O)n(C3CCC(=O)NC3=O)nnc2c1. The Kier molecular flexibility index (Phi) is 3.94. The molecule has 0 spiro atoms. The number of carboxylic acid groups (broad SMARTS) is 1. The highest BCUT2D eigenvalue weighted by molar-refractivity contribution is 5.99. The van der Waals surface area contributed by atoms with E-state index in [0.717, 1.165) is 4.68 Å². The van der Waals surface area contributed by atoms with E-state index in [1.807, 2.05) is 0 Å². The lowest BCUT2D eigenvalue weighted by atomic mass is 10.1. The van der Waals surface area contributed by atoms with E-state index in [2.05, 4.69) is 20.9 Å². The standard InChI is InChI=1S/C14H13N5O5/c20-11-4-3-10(13(23)16-11)19-14(24)8-2-1-7(15-6-12(21)22)5-9(8)17-18-19/h1-2,5,10,15H,3-4,6H2,(H,21,22)(H,16,20,23). The van der Waals surface area contributed by atoms with Crippen molar-refractivity contribution in [3.63, 3.8) is 0 Å². The molecule has 10 nitrogen and oxygen atoms in total. The Morgan fingerprint density at radius 3 is 2.88 bits per heavy atom. The predicted molar refractivity (Wildman–Crippen MR) is 81.3 cm³/mol. The van der Waals surface area contributed by atoms with Gasteiger partial charge in [0.1, 0.15) is 18.1 Å². The van der Waals surface area contributed by atoms with Gasteiger partial charge in [0, 0.05) is 12.1 Å². The molecule has 1 aromatic heterocycles. The van der Waals surface area contributed by atoms with Crippen molar-refractivity contribution in [3.8, 4) is 0 Å². The Bertz CT molecular complexity index is 906. The van der Waals surface area contributed by atoms with E-state index in [4.69, 9.17) is 5.11 Å². The zero-order chi connectivity index (χ0) is 17.3. The molecule has 10 heteroatoms. The van der Waals surface area contributed by atoms with Crippen LogP contribution in [-0.4, -0.2) is 44.4 Å². The number of nitrogens with one attached hydrogen (secondary N) is 2. The molecule has 24 heavy (non-hydrogen) atoms. The van der Waals surface area contributed by atoms with E-state index in [1.165, 1.54) is 12.1 Å². The van der Waals surface area contributed by atoms with E-state index >= 15 is 0 Å². The molecule has 1 atom stereocenters. The number of benzene rings is 1. The van der Waals surface area contributed by atoms with Crippen molar-refractivity contribution in [2.45, 2.75) is 18.9 Å². The van der Waals surface area contributed by atoms with Crippen molar-refractivity contribution in [2.24, 2.45) is 0 Å². The maximum Gasteiger partial charge on any atom is 0.322 e. The van der Waals surface area contributed by atoms with E-state index in [9.17, 15) is 19.2 Å². The summed E-state index contributed by atoms with van der Waals surface area (Å²) in [6, 6.07) is 3.65. The Morgan fingerprint density at radius 1 is 1.38 bits per heavy atom. The number of carbonyl (C=O) groups is 3. The van der Waals surface area contributed by atoms with Crippen LogP contribution in [0.15, 0.2) is 23.0 Å². The van der Waals surface area contributed by atoms with Gasteiger partial charge in [-0.15, -0.1) is 5.10 Å².